The maximum atomic E-state index is 13.3. The molecule has 2 atom stereocenters. The summed E-state index contributed by atoms with van der Waals surface area (Å²) in [6, 6.07) is 5.17. The van der Waals surface area contributed by atoms with Crippen LogP contribution in [0.3, 0.4) is 0 Å². The highest BCUT2D eigenvalue weighted by Gasteiger charge is 2.39. The second-order valence-corrected chi connectivity index (χ2v) is 10.6. The monoisotopic (exact) mass is 564 g/mol. The predicted octanol–water partition coefficient (Wildman–Crippen LogP) is 7.21. The summed E-state index contributed by atoms with van der Waals surface area (Å²) in [7, 11) is 0. The lowest BCUT2D eigenvalue weighted by Gasteiger charge is -2.39. The van der Waals surface area contributed by atoms with Gasteiger partial charge >= 0.3 is 18.4 Å². The molecule has 0 spiro atoms. The van der Waals surface area contributed by atoms with E-state index in [1.807, 2.05) is 0 Å². The second kappa shape index (κ2) is 10.7. The molecule has 1 N–H and O–H groups in total. The van der Waals surface area contributed by atoms with Crippen LogP contribution in [0.4, 0.5) is 31.1 Å². The molecule has 3 rings (SSSR count). The Bertz CT molecular complexity index is 1170. The number of amides is 2. The fourth-order valence-electron chi connectivity index (χ4n) is 4.13. The fraction of sp³-hybridized carbons (Fsp3) is 0.462. The third kappa shape index (κ3) is 7.33. The molecule has 0 aromatic heterocycles. The van der Waals surface area contributed by atoms with E-state index in [9.17, 15) is 35.9 Å². The van der Waals surface area contributed by atoms with Crippen LogP contribution in [0.5, 0.6) is 0 Å². The normalized spacial score (nSPS) is 18.8. The van der Waals surface area contributed by atoms with Crippen LogP contribution in [0, 0.1) is 6.92 Å². The van der Waals surface area contributed by atoms with E-state index >= 15 is 0 Å². The highest BCUT2D eigenvalue weighted by molar-refractivity contribution is 6.31. The number of rotatable bonds is 3. The first-order chi connectivity index (χ1) is 17.3. The van der Waals surface area contributed by atoms with Gasteiger partial charge in [-0.15, -0.1) is 0 Å². The Kier molecular flexibility index (Phi) is 8.31. The number of carbonyl (C=O) groups excluding carboxylic acids is 2. The Morgan fingerprint density at radius 1 is 0.974 bits per heavy atom. The SMILES string of the molecule is Cc1ccc(C2CN(C(=O)OC(C)(C)C)CCC2NC(=O)c2cc(C(F)(F)F)cc(C(F)(F)F)c2)cc1Cl. The quantitative estimate of drug-likeness (QED) is 0.401. The van der Waals surface area contributed by atoms with E-state index in [0.717, 1.165) is 5.56 Å². The largest absolute Gasteiger partial charge is 0.444 e. The zero-order valence-electron chi connectivity index (χ0n) is 21.1. The molecule has 1 aliphatic heterocycles. The van der Waals surface area contributed by atoms with Crippen LogP contribution in [-0.2, 0) is 17.1 Å². The van der Waals surface area contributed by atoms with Gasteiger partial charge in [0.25, 0.3) is 5.91 Å². The molecule has 0 aliphatic carbocycles. The Hall–Kier alpha value is -2.95. The molecular weight excluding hydrogens is 538 g/mol. The molecule has 38 heavy (non-hydrogen) atoms. The number of hydrogen-bond donors (Lipinski definition) is 1. The van der Waals surface area contributed by atoms with Crippen LogP contribution in [-0.4, -0.2) is 41.6 Å². The minimum atomic E-state index is -5.09. The van der Waals surface area contributed by atoms with Gasteiger partial charge in [0.05, 0.1) is 11.1 Å². The van der Waals surface area contributed by atoms with Crippen LogP contribution < -0.4 is 5.32 Å². The van der Waals surface area contributed by atoms with Crippen molar-refractivity contribution in [3.05, 3.63) is 69.2 Å². The summed E-state index contributed by atoms with van der Waals surface area (Å²) in [6.07, 6.45) is -10.6. The average molecular weight is 565 g/mol. The summed E-state index contributed by atoms with van der Waals surface area (Å²) < 4.78 is 85.2. The number of alkyl halides is 6. The van der Waals surface area contributed by atoms with Gasteiger partial charge in [-0.25, -0.2) is 4.79 Å². The molecule has 2 unspecified atom stereocenters. The highest BCUT2D eigenvalue weighted by Crippen LogP contribution is 2.37. The van der Waals surface area contributed by atoms with Gasteiger partial charge in [0, 0.05) is 35.6 Å². The average Bonchev–Trinajstić information content (AvgIpc) is 2.78. The van der Waals surface area contributed by atoms with Gasteiger partial charge in [0.2, 0.25) is 0 Å². The molecule has 5 nitrogen and oxygen atoms in total. The lowest BCUT2D eigenvalue weighted by atomic mass is 9.85. The van der Waals surface area contributed by atoms with E-state index in [1.54, 1.807) is 45.9 Å². The van der Waals surface area contributed by atoms with Gasteiger partial charge in [-0.05, 0) is 69.5 Å². The van der Waals surface area contributed by atoms with Gasteiger partial charge in [-0.3, -0.25) is 4.79 Å². The molecule has 2 aromatic carbocycles. The Morgan fingerprint density at radius 3 is 2.05 bits per heavy atom. The molecule has 1 saturated heterocycles. The van der Waals surface area contributed by atoms with Gasteiger partial charge in [-0.1, -0.05) is 23.7 Å². The lowest BCUT2D eigenvalue weighted by molar-refractivity contribution is -0.143. The van der Waals surface area contributed by atoms with Gasteiger partial charge < -0.3 is 15.0 Å². The molecule has 1 fully saturated rings. The van der Waals surface area contributed by atoms with Crippen molar-refractivity contribution in [2.24, 2.45) is 0 Å². The molecule has 208 valence electrons. The summed E-state index contributed by atoms with van der Waals surface area (Å²) in [5.41, 5.74) is -3.29. The van der Waals surface area contributed by atoms with E-state index in [4.69, 9.17) is 16.3 Å². The van der Waals surface area contributed by atoms with E-state index in [2.05, 4.69) is 5.32 Å². The zero-order valence-corrected chi connectivity index (χ0v) is 21.8. The Morgan fingerprint density at radius 2 is 1.55 bits per heavy atom. The summed E-state index contributed by atoms with van der Waals surface area (Å²) >= 11 is 6.28. The van der Waals surface area contributed by atoms with Crippen molar-refractivity contribution in [3.8, 4) is 0 Å². The topological polar surface area (TPSA) is 58.6 Å². The van der Waals surface area contributed by atoms with Gasteiger partial charge in [0.1, 0.15) is 5.60 Å². The molecular formula is C26H27ClF6N2O3. The number of halogens is 7. The Balaban J connectivity index is 1.94. The summed E-state index contributed by atoms with van der Waals surface area (Å²) in [5, 5.41) is 3.01. The smallest absolute Gasteiger partial charge is 0.416 e. The lowest BCUT2D eigenvalue weighted by Crippen LogP contribution is -2.52. The van der Waals surface area contributed by atoms with Crippen LogP contribution in [0.2, 0.25) is 5.02 Å². The van der Waals surface area contributed by atoms with Crippen molar-refractivity contribution in [1.29, 1.82) is 0 Å². The molecule has 12 heteroatoms. The molecule has 1 aliphatic rings. The van der Waals surface area contributed by atoms with Crippen LogP contribution in [0.1, 0.15) is 65.7 Å². The maximum absolute atomic E-state index is 13.3. The minimum absolute atomic E-state index is 0.0345. The third-order valence-corrected chi connectivity index (χ3v) is 6.46. The number of aryl methyl sites for hydroxylation is 1. The van der Waals surface area contributed by atoms with Gasteiger partial charge in [-0.2, -0.15) is 26.3 Å². The molecule has 0 radical (unpaired) electrons. The number of likely N-dealkylation sites (tertiary alicyclic amines) is 1. The van der Waals surface area contributed by atoms with E-state index in [0.29, 0.717) is 22.7 Å². The van der Waals surface area contributed by atoms with E-state index in [1.165, 1.54) is 4.90 Å². The molecule has 2 amide bonds. The predicted molar refractivity (Wildman–Crippen MR) is 129 cm³/mol. The van der Waals surface area contributed by atoms with Crippen molar-refractivity contribution in [2.45, 2.75) is 64.0 Å². The molecule has 2 aromatic rings. The number of carbonyl (C=O) groups is 2. The number of piperidine rings is 1. The van der Waals surface area contributed by atoms with Gasteiger partial charge in [0.15, 0.2) is 0 Å². The van der Waals surface area contributed by atoms with Crippen molar-refractivity contribution < 1.29 is 40.7 Å². The first kappa shape index (κ1) is 29.6. The van der Waals surface area contributed by atoms with Crippen molar-refractivity contribution in [2.75, 3.05) is 13.1 Å². The molecule has 0 bridgehead atoms. The number of ether oxygens (including phenoxy) is 1. The number of hydrogen-bond acceptors (Lipinski definition) is 3. The molecule has 0 saturated carbocycles. The number of benzene rings is 2. The zero-order chi connectivity index (χ0) is 28.6. The first-order valence-electron chi connectivity index (χ1n) is 11.7. The van der Waals surface area contributed by atoms with E-state index in [-0.39, 0.29) is 25.6 Å². The van der Waals surface area contributed by atoms with Crippen LogP contribution in [0.25, 0.3) is 0 Å². The van der Waals surface area contributed by atoms with Crippen molar-refractivity contribution in [3.63, 3.8) is 0 Å². The van der Waals surface area contributed by atoms with Crippen LogP contribution >= 0.6 is 11.6 Å². The van der Waals surface area contributed by atoms with Crippen molar-refractivity contribution in [1.82, 2.24) is 10.2 Å². The first-order valence-corrected chi connectivity index (χ1v) is 12.1. The van der Waals surface area contributed by atoms with Crippen molar-refractivity contribution >= 4 is 23.6 Å². The third-order valence-electron chi connectivity index (χ3n) is 6.05. The standard InChI is InChI=1S/C26H27ClF6N2O3/c1-14-5-6-15(11-20(14)27)19-13-35(23(37)38-24(2,3)4)8-7-21(19)34-22(36)16-9-17(25(28,29)30)12-18(10-16)26(31,32)33/h5-6,9-12,19,21H,7-8,13H2,1-4H3,(H,34,36). The summed E-state index contributed by atoms with van der Waals surface area (Å²) in [4.78, 5) is 27.1. The Labute approximate surface area is 221 Å². The highest BCUT2D eigenvalue weighted by atomic mass is 35.5. The molecule has 1 heterocycles. The fourth-order valence-corrected chi connectivity index (χ4v) is 4.32. The summed E-state index contributed by atoms with van der Waals surface area (Å²) in [6.45, 7) is 7.13. The van der Waals surface area contributed by atoms with Crippen LogP contribution in [0.15, 0.2) is 36.4 Å². The maximum Gasteiger partial charge on any atom is 0.416 e. The van der Waals surface area contributed by atoms with E-state index < -0.39 is 58.6 Å². The summed E-state index contributed by atoms with van der Waals surface area (Å²) in [5.74, 6) is -1.66. The number of nitrogens with one attached hydrogen (secondary N) is 1. The minimum Gasteiger partial charge on any atom is -0.444 e. The number of nitrogens with zero attached hydrogens (tertiary/aromatic N) is 1. The second-order valence-electron chi connectivity index (χ2n) is 10.2.